The third-order valence-corrected chi connectivity index (χ3v) is 4.47. The summed E-state index contributed by atoms with van der Waals surface area (Å²) in [5, 5.41) is 2.68. The van der Waals surface area contributed by atoms with E-state index in [0.717, 1.165) is 10.6 Å². The van der Waals surface area contributed by atoms with Crippen LogP contribution in [0.2, 0.25) is 0 Å². The number of nitrogens with zero attached hydrogens (tertiary/aromatic N) is 1. The Kier molecular flexibility index (Phi) is 6.66. The van der Waals surface area contributed by atoms with E-state index in [4.69, 9.17) is 4.74 Å². The van der Waals surface area contributed by atoms with E-state index in [9.17, 15) is 14.4 Å². The van der Waals surface area contributed by atoms with Crippen LogP contribution in [0.4, 0.5) is 5.69 Å². The molecule has 2 amide bonds. The second-order valence-electron chi connectivity index (χ2n) is 5.91. The number of rotatable bonds is 7. The van der Waals surface area contributed by atoms with Crippen molar-refractivity contribution in [2.45, 2.75) is 25.2 Å². The first-order valence-electron chi connectivity index (χ1n) is 7.92. The van der Waals surface area contributed by atoms with E-state index in [1.54, 1.807) is 4.90 Å². The average molecular weight is 350 g/mol. The van der Waals surface area contributed by atoms with Crippen LogP contribution in [0, 0.1) is 5.92 Å². The largest absolute Gasteiger partial charge is 0.456 e. The van der Waals surface area contributed by atoms with E-state index in [2.05, 4.69) is 5.32 Å². The highest BCUT2D eigenvalue weighted by atomic mass is 32.2. The van der Waals surface area contributed by atoms with Gasteiger partial charge in [0.2, 0.25) is 5.91 Å². The number of esters is 1. The first kappa shape index (κ1) is 18.3. The highest BCUT2D eigenvalue weighted by molar-refractivity contribution is 8.00. The van der Waals surface area contributed by atoms with E-state index >= 15 is 0 Å². The molecule has 1 aliphatic heterocycles. The van der Waals surface area contributed by atoms with E-state index < -0.39 is 5.97 Å². The number of benzene rings is 1. The lowest BCUT2D eigenvalue weighted by Crippen LogP contribution is -2.37. The molecule has 24 heavy (non-hydrogen) atoms. The Balaban J connectivity index is 1.79. The number of hydrogen-bond acceptors (Lipinski definition) is 5. The van der Waals surface area contributed by atoms with Gasteiger partial charge >= 0.3 is 5.97 Å². The van der Waals surface area contributed by atoms with Gasteiger partial charge in [0.25, 0.3) is 5.91 Å². The van der Waals surface area contributed by atoms with Crippen LogP contribution >= 0.6 is 11.8 Å². The number of fused-ring (bicyclic) bond motifs is 1. The summed E-state index contributed by atoms with van der Waals surface area (Å²) >= 11 is 1.50. The molecule has 0 unspecified atom stereocenters. The molecule has 0 spiro atoms. The zero-order valence-electron chi connectivity index (χ0n) is 13.9. The summed E-state index contributed by atoms with van der Waals surface area (Å²) in [6.45, 7) is 4.48. The van der Waals surface area contributed by atoms with Crippen LogP contribution in [0.25, 0.3) is 0 Å². The Morgan fingerprint density at radius 2 is 2.08 bits per heavy atom. The minimum Gasteiger partial charge on any atom is -0.456 e. The van der Waals surface area contributed by atoms with Gasteiger partial charge in [-0.3, -0.25) is 14.4 Å². The number of carbonyl (C=O) groups is 3. The molecule has 6 nitrogen and oxygen atoms in total. The Morgan fingerprint density at radius 3 is 2.83 bits per heavy atom. The fraction of sp³-hybridized carbons (Fsp3) is 0.471. The zero-order chi connectivity index (χ0) is 17.5. The van der Waals surface area contributed by atoms with Crippen LogP contribution in [0.5, 0.6) is 0 Å². The Morgan fingerprint density at radius 1 is 1.33 bits per heavy atom. The topological polar surface area (TPSA) is 75.7 Å². The Labute approximate surface area is 145 Å². The maximum absolute atomic E-state index is 12.1. The molecule has 0 aromatic heterocycles. The standard InChI is InChI=1S/C17H22N2O4S/c1-12(2)9-18-15(20)10-23-17(22)7-8-19-13-5-3-4-6-14(13)24-11-16(19)21/h3-6,12H,7-11H2,1-2H3,(H,18,20). The smallest absolute Gasteiger partial charge is 0.308 e. The van der Waals surface area contributed by atoms with Crippen LogP contribution in [0.3, 0.4) is 0 Å². The molecule has 0 fully saturated rings. The van der Waals surface area contributed by atoms with Crippen molar-refractivity contribution in [1.82, 2.24) is 5.32 Å². The van der Waals surface area contributed by atoms with E-state index in [0.29, 0.717) is 18.2 Å². The molecular formula is C17H22N2O4S. The van der Waals surface area contributed by atoms with Crippen LogP contribution < -0.4 is 10.2 Å². The molecule has 1 aliphatic rings. The van der Waals surface area contributed by atoms with Gasteiger partial charge in [0.1, 0.15) is 0 Å². The molecule has 0 saturated heterocycles. The van der Waals surface area contributed by atoms with E-state index in [1.165, 1.54) is 11.8 Å². The summed E-state index contributed by atoms with van der Waals surface area (Å²) in [6.07, 6.45) is 0.0577. The summed E-state index contributed by atoms with van der Waals surface area (Å²) in [5.41, 5.74) is 0.821. The predicted octanol–water partition coefficient (Wildman–Crippen LogP) is 1.83. The van der Waals surface area contributed by atoms with Crippen LogP contribution in [-0.2, 0) is 19.1 Å². The second-order valence-corrected chi connectivity index (χ2v) is 6.93. The van der Waals surface area contributed by atoms with Crippen molar-refractivity contribution in [2.24, 2.45) is 5.92 Å². The van der Waals surface area contributed by atoms with Crippen molar-refractivity contribution >= 4 is 35.2 Å². The van der Waals surface area contributed by atoms with Crippen molar-refractivity contribution < 1.29 is 19.1 Å². The van der Waals surface area contributed by atoms with Gasteiger partial charge in [-0.1, -0.05) is 26.0 Å². The molecule has 1 aromatic carbocycles. The minimum absolute atomic E-state index is 0.0267. The molecule has 130 valence electrons. The maximum atomic E-state index is 12.1. The van der Waals surface area contributed by atoms with Gasteiger partial charge in [-0.05, 0) is 18.1 Å². The molecule has 0 atom stereocenters. The predicted molar refractivity (Wildman–Crippen MR) is 92.9 cm³/mol. The van der Waals surface area contributed by atoms with E-state index in [-0.39, 0.29) is 31.4 Å². The lowest BCUT2D eigenvalue weighted by Gasteiger charge is -2.28. The Hall–Kier alpha value is -2.02. The number of carbonyl (C=O) groups excluding carboxylic acids is 3. The van der Waals surface area contributed by atoms with Crippen molar-refractivity contribution in [1.29, 1.82) is 0 Å². The van der Waals surface area contributed by atoms with Gasteiger partial charge in [0.15, 0.2) is 6.61 Å². The van der Waals surface area contributed by atoms with Gasteiger partial charge in [0, 0.05) is 18.0 Å². The number of amides is 2. The highest BCUT2D eigenvalue weighted by Crippen LogP contribution is 2.34. The molecule has 1 N–H and O–H groups in total. The van der Waals surface area contributed by atoms with Crippen molar-refractivity contribution in [3.63, 3.8) is 0 Å². The number of ether oxygens (including phenoxy) is 1. The summed E-state index contributed by atoms with van der Waals surface area (Å²) in [5.74, 6) is -0.121. The van der Waals surface area contributed by atoms with Crippen LogP contribution in [0.15, 0.2) is 29.2 Å². The monoisotopic (exact) mass is 350 g/mol. The SMILES string of the molecule is CC(C)CNC(=O)COC(=O)CCN1C(=O)CSc2ccccc21. The normalized spacial score (nSPS) is 13.6. The molecular weight excluding hydrogens is 328 g/mol. The molecule has 0 aliphatic carbocycles. The summed E-state index contributed by atoms with van der Waals surface area (Å²) in [6, 6.07) is 7.60. The van der Waals surface area contributed by atoms with Crippen LogP contribution in [0.1, 0.15) is 20.3 Å². The fourth-order valence-corrected chi connectivity index (χ4v) is 3.13. The quantitative estimate of drug-likeness (QED) is 0.759. The second kappa shape index (κ2) is 8.73. The van der Waals surface area contributed by atoms with Crippen molar-refractivity contribution in [3.05, 3.63) is 24.3 Å². The van der Waals surface area contributed by atoms with Crippen molar-refractivity contribution in [3.8, 4) is 0 Å². The third-order valence-electron chi connectivity index (χ3n) is 3.42. The van der Waals surface area contributed by atoms with Crippen molar-refractivity contribution in [2.75, 3.05) is 30.3 Å². The van der Waals surface area contributed by atoms with E-state index in [1.807, 2.05) is 38.1 Å². The molecule has 1 heterocycles. The molecule has 0 saturated carbocycles. The molecule has 2 rings (SSSR count). The van der Waals surface area contributed by atoms with Gasteiger partial charge < -0.3 is 15.0 Å². The molecule has 0 radical (unpaired) electrons. The highest BCUT2D eigenvalue weighted by Gasteiger charge is 2.24. The first-order valence-corrected chi connectivity index (χ1v) is 8.90. The number of nitrogens with one attached hydrogen (secondary N) is 1. The lowest BCUT2D eigenvalue weighted by molar-refractivity contribution is -0.148. The number of anilines is 1. The first-order chi connectivity index (χ1) is 11.5. The maximum Gasteiger partial charge on any atom is 0.308 e. The Bertz CT molecular complexity index is 618. The van der Waals surface area contributed by atoms with Crippen LogP contribution in [-0.4, -0.2) is 43.2 Å². The summed E-state index contributed by atoms with van der Waals surface area (Å²) in [4.78, 5) is 38.0. The summed E-state index contributed by atoms with van der Waals surface area (Å²) in [7, 11) is 0. The van der Waals surface area contributed by atoms with Gasteiger partial charge in [-0.25, -0.2) is 0 Å². The number of para-hydroxylation sites is 1. The van der Waals surface area contributed by atoms with Gasteiger partial charge in [0.05, 0.1) is 17.9 Å². The van der Waals surface area contributed by atoms with Gasteiger partial charge in [-0.15, -0.1) is 11.8 Å². The minimum atomic E-state index is -0.488. The molecule has 1 aromatic rings. The van der Waals surface area contributed by atoms with Gasteiger partial charge in [-0.2, -0.15) is 0 Å². The number of thioether (sulfide) groups is 1. The molecule has 0 bridgehead atoms. The summed E-state index contributed by atoms with van der Waals surface area (Å²) < 4.78 is 4.96. The average Bonchev–Trinajstić information content (AvgIpc) is 2.57. The third kappa shape index (κ3) is 5.26. The fourth-order valence-electron chi connectivity index (χ4n) is 2.19. The zero-order valence-corrected chi connectivity index (χ0v) is 14.7. The number of hydrogen-bond donors (Lipinski definition) is 1. The lowest BCUT2D eigenvalue weighted by atomic mass is 10.2. The molecule has 7 heteroatoms.